The van der Waals surface area contributed by atoms with Gasteiger partial charge < -0.3 is 0 Å². The van der Waals surface area contributed by atoms with E-state index in [4.69, 9.17) is 0 Å². The summed E-state index contributed by atoms with van der Waals surface area (Å²) in [5, 5.41) is 9.86. The molecule has 0 aliphatic carbocycles. The first kappa shape index (κ1) is 16.6. The summed E-state index contributed by atoms with van der Waals surface area (Å²) in [5.41, 5.74) is 4.69. The Morgan fingerprint density at radius 1 is 0.769 bits per heavy atom. The number of thioether (sulfide) groups is 1. The molecule has 1 heterocycles. The fraction of sp³-hybridized carbons (Fsp3) is 0.0909. The summed E-state index contributed by atoms with van der Waals surface area (Å²) in [5.74, 6) is 1.73. The molecule has 128 valence electrons. The molecule has 4 aromatic rings. The summed E-state index contributed by atoms with van der Waals surface area (Å²) in [7, 11) is 0. The Hall–Kier alpha value is -2.85. The molecular formula is C22H19N3S. The van der Waals surface area contributed by atoms with Crippen LogP contribution in [0.4, 0.5) is 0 Å². The van der Waals surface area contributed by atoms with E-state index in [1.807, 2.05) is 36.4 Å². The van der Waals surface area contributed by atoms with E-state index in [0.717, 1.165) is 28.0 Å². The van der Waals surface area contributed by atoms with E-state index in [-0.39, 0.29) is 0 Å². The van der Waals surface area contributed by atoms with E-state index in [1.54, 1.807) is 11.8 Å². The van der Waals surface area contributed by atoms with Crippen molar-refractivity contribution in [2.24, 2.45) is 0 Å². The number of nitrogens with zero attached hydrogens (tertiary/aromatic N) is 3. The lowest BCUT2D eigenvalue weighted by molar-refractivity contribution is 0.886. The van der Waals surface area contributed by atoms with Crippen LogP contribution in [-0.2, 0) is 5.75 Å². The van der Waals surface area contributed by atoms with Gasteiger partial charge in [-0.15, -0.1) is 10.2 Å². The number of hydrogen-bond acceptors (Lipinski definition) is 3. The van der Waals surface area contributed by atoms with Crippen LogP contribution in [0.5, 0.6) is 0 Å². The Morgan fingerprint density at radius 2 is 1.42 bits per heavy atom. The van der Waals surface area contributed by atoms with Crippen molar-refractivity contribution in [1.29, 1.82) is 0 Å². The Balaban J connectivity index is 1.70. The topological polar surface area (TPSA) is 30.7 Å². The molecular weight excluding hydrogens is 338 g/mol. The molecule has 0 N–H and O–H groups in total. The van der Waals surface area contributed by atoms with Crippen LogP contribution in [0.25, 0.3) is 17.1 Å². The summed E-state index contributed by atoms with van der Waals surface area (Å²) in [6, 6.07) is 29.1. The first-order chi connectivity index (χ1) is 12.8. The molecule has 0 saturated carbocycles. The summed E-state index contributed by atoms with van der Waals surface area (Å²) in [6.07, 6.45) is 0. The highest BCUT2D eigenvalue weighted by molar-refractivity contribution is 7.98. The zero-order chi connectivity index (χ0) is 17.8. The summed E-state index contributed by atoms with van der Waals surface area (Å²) >= 11 is 1.71. The maximum atomic E-state index is 4.48. The lowest BCUT2D eigenvalue weighted by Gasteiger charge is -2.10. The third-order valence-corrected chi connectivity index (χ3v) is 5.17. The van der Waals surface area contributed by atoms with Crippen LogP contribution in [0.1, 0.15) is 11.1 Å². The molecule has 26 heavy (non-hydrogen) atoms. The number of rotatable bonds is 5. The first-order valence-electron chi connectivity index (χ1n) is 8.56. The van der Waals surface area contributed by atoms with Gasteiger partial charge in [-0.1, -0.05) is 90.1 Å². The molecule has 0 unspecified atom stereocenters. The standard InChI is InChI=1S/C22H19N3S/c1-17-12-14-18(15-13-17)16-26-22-24-23-21(19-8-4-2-5-9-19)25(22)20-10-6-3-7-11-20/h2-15H,16H2,1H3. The largest absolute Gasteiger partial charge is 0.270 e. The van der Waals surface area contributed by atoms with Crippen LogP contribution in [0.3, 0.4) is 0 Å². The predicted molar refractivity (Wildman–Crippen MR) is 108 cm³/mol. The Bertz CT molecular complexity index is 977. The van der Waals surface area contributed by atoms with Crippen molar-refractivity contribution >= 4 is 11.8 Å². The van der Waals surface area contributed by atoms with Gasteiger partial charge in [0.05, 0.1) is 0 Å². The van der Waals surface area contributed by atoms with E-state index in [9.17, 15) is 0 Å². The van der Waals surface area contributed by atoms with Gasteiger partial charge in [0.15, 0.2) is 11.0 Å². The molecule has 0 atom stereocenters. The van der Waals surface area contributed by atoms with Crippen LogP contribution in [-0.4, -0.2) is 14.8 Å². The number of aryl methyl sites for hydroxylation is 1. The molecule has 0 amide bonds. The van der Waals surface area contributed by atoms with Crippen LogP contribution in [0.2, 0.25) is 0 Å². The average molecular weight is 357 g/mol. The molecule has 4 rings (SSSR count). The molecule has 0 saturated heterocycles. The fourth-order valence-corrected chi connectivity index (χ4v) is 3.69. The van der Waals surface area contributed by atoms with E-state index in [0.29, 0.717) is 0 Å². The highest BCUT2D eigenvalue weighted by Gasteiger charge is 2.15. The Morgan fingerprint density at radius 3 is 2.12 bits per heavy atom. The quantitative estimate of drug-likeness (QED) is 0.440. The SMILES string of the molecule is Cc1ccc(CSc2nnc(-c3ccccc3)n2-c2ccccc2)cc1. The van der Waals surface area contributed by atoms with Crippen molar-refractivity contribution in [1.82, 2.24) is 14.8 Å². The zero-order valence-corrected chi connectivity index (χ0v) is 15.4. The fourth-order valence-electron chi connectivity index (χ4n) is 2.78. The summed E-state index contributed by atoms with van der Waals surface area (Å²) in [6.45, 7) is 2.11. The predicted octanol–water partition coefficient (Wildman–Crippen LogP) is 5.54. The lowest BCUT2D eigenvalue weighted by atomic mass is 10.2. The van der Waals surface area contributed by atoms with Crippen molar-refractivity contribution in [3.05, 3.63) is 96.1 Å². The molecule has 0 radical (unpaired) electrons. The summed E-state index contributed by atoms with van der Waals surface area (Å²) in [4.78, 5) is 0. The molecule has 0 aliphatic heterocycles. The van der Waals surface area contributed by atoms with Gasteiger partial charge in [-0.25, -0.2) is 0 Å². The van der Waals surface area contributed by atoms with Gasteiger partial charge in [0.1, 0.15) is 0 Å². The third kappa shape index (κ3) is 3.55. The number of benzene rings is 3. The van der Waals surface area contributed by atoms with E-state index in [1.165, 1.54) is 11.1 Å². The number of para-hydroxylation sites is 1. The smallest absolute Gasteiger partial charge is 0.196 e. The second kappa shape index (κ2) is 7.58. The normalized spacial score (nSPS) is 10.8. The minimum absolute atomic E-state index is 0.861. The highest BCUT2D eigenvalue weighted by Crippen LogP contribution is 2.29. The van der Waals surface area contributed by atoms with Gasteiger partial charge >= 0.3 is 0 Å². The Kier molecular flexibility index (Phi) is 4.84. The average Bonchev–Trinajstić information content (AvgIpc) is 3.13. The van der Waals surface area contributed by atoms with Crippen molar-refractivity contribution in [2.45, 2.75) is 17.8 Å². The first-order valence-corrected chi connectivity index (χ1v) is 9.54. The zero-order valence-electron chi connectivity index (χ0n) is 14.5. The minimum atomic E-state index is 0.861. The number of hydrogen-bond donors (Lipinski definition) is 0. The molecule has 0 bridgehead atoms. The second-order valence-electron chi connectivity index (χ2n) is 6.12. The van der Waals surface area contributed by atoms with Crippen LogP contribution < -0.4 is 0 Å². The van der Waals surface area contributed by atoms with Gasteiger partial charge in [-0.2, -0.15) is 0 Å². The number of aromatic nitrogens is 3. The van der Waals surface area contributed by atoms with Crippen LogP contribution in [0.15, 0.2) is 90.1 Å². The van der Waals surface area contributed by atoms with Crippen molar-refractivity contribution < 1.29 is 0 Å². The summed E-state index contributed by atoms with van der Waals surface area (Å²) < 4.78 is 2.13. The van der Waals surface area contributed by atoms with Crippen molar-refractivity contribution in [2.75, 3.05) is 0 Å². The minimum Gasteiger partial charge on any atom is -0.270 e. The third-order valence-electron chi connectivity index (χ3n) is 4.17. The molecule has 4 heteroatoms. The van der Waals surface area contributed by atoms with E-state index >= 15 is 0 Å². The van der Waals surface area contributed by atoms with Gasteiger partial charge in [0, 0.05) is 17.0 Å². The second-order valence-corrected chi connectivity index (χ2v) is 7.06. The van der Waals surface area contributed by atoms with Crippen LogP contribution >= 0.6 is 11.8 Å². The van der Waals surface area contributed by atoms with E-state index < -0.39 is 0 Å². The maximum absolute atomic E-state index is 4.48. The molecule has 3 aromatic carbocycles. The highest BCUT2D eigenvalue weighted by atomic mass is 32.2. The van der Waals surface area contributed by atoms with Gasteiger partial charge in [-0.3, -0.25) is 4.57 Å². The van der Waals surface area contributed by atoms with Crippen LogP contribution in [0, 0.1) is 6.92 Å². The van der Waals surface area contributed by atoms with Crippen molar-refractivity contribution in [3.63, 3.8) is 0 Å². The molecule has 0 spiro atoms. The maximum Gasteiger partial charge on any atom is 0.196 e. The van der Waals surface area contributed by atoms with Gasteiger partial charge in [-0.05, 0) is 24.6 Å². The lowest BCUT2D eigenvalue weighted by Crippen LogP contribution is -1.99. The molecule has 3 nitrogen and oxygen atoms in total. The van der Waals surface area contributed by atoms with Gasteiger partial charge in [0.2, 0.25) is 0 Å². The monoisotopic (exact) mass is 357 g/mol. The van der Waals surface area contributed by atoms with Crippen molar-refractivity contribution in [3.8, 4) is 17.1 Å². The molecule has 1 aromatic heterocycles. The van der Waals surface area contributed by atoms with Gasteiger partial charge in [0.25, 0.3) is 0 Å². The Labute approximate surface area is 157 Å². The molecule has 0 fully saturated rings. The molecule has 0 aliphatic rings. The van der Waals surface area contributed by atoms with E-state index in [2.05, 4.69) is 70.2 Å².